The minimum Gasteiger partial charge on any atom is -0.338 e. The van der Waals surface area contributed by atoms with Crippen LogP contribution < -0.4 is 0 Å². The molecule has 0 atom stereocenters. The SMILES string of the molecule is [CH2-]Cc1nccc2ccccc12.[Y]. The Bertz CT molecular complexity index is 393. The number of hydrogen-bond acceptors (Lipinski definition) is 1. The third kappa shape index (κ3) is 2.15. The van der Waals surface area contributed by atoms with Gasteiger partial charge in [0.05, 0.1) is 0 Å². The van der Waals surface area contributed by atoms with Crippen LogP contribution in [0.5, 0.6) is 0 Å². The fourth-order valence-corrected chi connectivity index (χ4v) is 1.38. The molecule has 1 aromatic carbocycles. The first-order valence-corrected chi connectivity index (χ1v) is 4.03. The van der Waals surface area contributed by atoms with E-state index in [0.29, 0.717) is 0 Å². The molecule has 0 unspecified atom stereocenters. The maximum Gasteiger partial charge on any atom is 0.0276 e. The number of fused-ring (bicyclic) bond motifs is 1. The molecule has 1 aromatic heterocycles. The quantitative estimate of drug-likeness (QED) is 0.704. The summed E-state index contributed by atoms with van der Waals surface area (Å²) in [6, 6.07) is 10.3. The summed E-state index contributed by atoms with van der Waals surface area (Å²) in [6.45, 7) is 3.84. The molecule has 0 aliphatic rings. The molecule has 2 heteroatoms. The van der Waals surface area contributed by atoms with E-state index in [4.69, 9.17) is 0 Å². The summed E-state index contributed by atoms with van der Waals surface area (Å²) < 4.78 is 0. The van der Waals surface area contributed by atoms with Crippen LogP contribution in [0, 0.1) is 6.92 Å². The van der Waals surface area contributed by atoms with Gasteiger partial charge >= 0.3 is 0 Å². The zero-order valence-electron chi connectivity index (χ0n) is 7.40. The van der Waals surface area contributed by atoms with E-state index in [1.54, 1.807) is 0 Å². The number of nitrogens with zero attached hydrogens (tertiary/aromatic N) is 1. The largest absolute Gasteiger partial charge is 0.338 e. The van der Waals surface area contributed by atoms with Gasteiger partial charge < -0.3 is 6.92 Å². The molecular formula is C11H10NY-. The van der Waals surface area contributed by atoms with E-state index in [2.05, 4.69) is 24.0 Å². The van der Waals surface area contributed by atoms with Crippen LogP contribution in [0.3, 0.4) is 0 Å². The van der Waals surface area contributed by atoms with Crippen LogP contribution >= 0.6 is 0 Å². The third-order valence-electron chi connectivity index (χ3n) is 1.99. The Kier molecular flexibility index (Phi) is 4.02. The maximum atomic E-state index is 4.26. The van der Waals surface area contributed by atoms with Gasteiger partial charge in [0, 0.05) is 50.0 Å². The van der Waals surface area contributed by atoms with E-state index in [1.807, 2.05) is 24.4 Å². The fraction of sp³-hybridized carbons (Fsp3) is 0.0909. The summed E-state index contributed by atoms with van der Waals surface area (Å²) >= 11 is 0. The maximum absolute atomic E-state index is 4.26. The van der Waals surface area contributed by atoms with E-state index < -0.39 is 0 Å². The molecule has 0 saturated heterocycles. The normalized spacial score (nSPS) is 9.62. The van der Waals surface area contributed by atoms with Crippen LogP contribution in [0.15, 0.2) is 36.5 Å². The Hall–Kier alpha value is -0.266. The van der Waals surface area contributed by atoms with Crippen molar-refractivity contribution >= 4 is 10.8 Å². The van der Waals surface area contributed by atoms with Crippen LogP contribution in [-0.4, -0.2) is 4.98 Å². The van der Waals surface area contributed by atoms with Crippen molar-refractivity contribution in [2.75, 3.05) is 0 Å². The summed E-state index contributed by atoms with van der Waals surface area (Å²) in [5, 5.41) is 2.46. The summed E-state index contributed by atoms with van der Waals surface area (Å²) in [6.07, 6.45) is 2.59. The minimum atomic E-state index is 0. The second-order valence-electron chi connectivity index (χ2n) is 2.73. The van der Waals surface area contributed by atoms with Crippen molar-refractivity contribution in [1.82, 2.24) is 4.98 Å². The zero-order chi connectivity index (χ0) is 8.39. The van der Waals surface area contributed by atoms with Gasteiger partial charge in [-0.3, -0.25) is 4.98 Å². The van der Waals surface area contributed by atoms with Gasteiger partial charge in [0.1, 0.15) is 0 Å². The van der Waals surface area contributed by atoms with Gasteiger partial charge in [-0.25, -0.2) is 0 Å². The first kappa shape index (κ1) is 10.8. The van der Waals surface area contributed by atoms with Crippen molar-refractivity contribution in [2.45, 2.75) is 6.42 Å². The van der Waals surface area contributed by atoms with Crippen LogP contribution in [0.1, 0.15) is 5.69 Å². The first-order valence-electron chi connectivity index (χ1n) is 4.03. The van der Waals surface area contributed by atoms with E-state index in [9.17, 15) is 0 Å². The second kappa shape index (κ2) is 4.83. The van der Waals surface area contributed by atoms with Crippen molar-refractivity contribution < 1.29 is 32.7 Å². The third-order valence-corrected chi connectivity index (χ3v) is 1.99. The van der Waals surface area contributed by atoms with Gasteiger partial charge in [0.15, 0.2) is 0 Å². The van der Waals surface area contributed by atoms with Crippen molar-refractivity contribution in [3.05, 3.63) is 49.1 Å². The van der Waals surface area contributed by atoms with Crippen molar-refractivity contribution in [3.63, 3.8) is 0 Å². The van der Waals surface area contributed by atoms with E-state index >= 15 is 0 Å². The molecule has 1 nitrogen and oxygen atoms in total. The van der Waals surface area contributed by atoms with E-state index in [1.165, 1.54) is 10.8 Å². The molecule has 0 spiro atoms. The molecule has 1 radical (unpaired) electrons. The molecule has 0 fully saturated rings. The van der Waals surface area contributed by atoms with Gasteiger partial charge in [-0.1, -0.05) is 24.3 Å². The standard InChI is InChI=1S/C11H10N.Y/c1-2-11-10-6-4-3-5-9(10)7-8-12-11;/h3-8H,1-2H2;/q-1;. The topological polar surface area (TPSA) is 12.9 Å². The van der Waals surface area contributed by atoms with Crippen molar-refractivity contribution in [1.29, 1.82) is 0 Å². The molecule has 0 aliphatic carbocycles. The number of rotatable bonds is 1. The molecule has 0 aliphatic heterocycles. The summed E-state index contributed by atoms with van der Waals surface area (Å²) in [5.41, 5.74) is 1.08. The number of aromatic nitrogens is 1. The molecule has 13 heavy (non-hydrogen) atoms. The van der Waals surface area contributed by atoms with Crippen molar-refractivity contribution in [3.8, 4) is 0 Å². The molecule has 1 heterocycles. The molecule has 2 aromatic rings. The number of benzene rings is 1. The van der Waals surface area contributed by atoms with Crippen LogP contribution in [0.2, 0.25) is 0 Å². The van der Waals surface area contributed by atoms with Gasteiger partial charge in [-0.05, 0) is 11.5 Å². The molecular weight excluding hydrogens is 235 g/mol. The van der Waals surface area contributed by atoms with Gasteiger partial charge in [0.25, 0.3) is 0 Å². The van der Waals surface area contributed by atoms with Gasteiger partial charge in [-0.2, -0.15) is 0 Å². The van der Waals surface area contributed by atoms with Crippen LogP contribution in [0.25, 0.3) is 10.8 Å². The molecule has 0 N–H and O–H groups in total. The zero-order valence-corrected chi connectivity index (χ0v) is 10.2. The predicted molar refractivity (Wildman–Crippen MR) is 50.8 cm³/mol. The molecule has 0 saturated carbocycles. The molecule has 0 bridgehead atoms. The van der Waals surface area contributed by atoms with Crippen LogP contribution in [-0.2, 0) is 39.1 Å². The average molecular weight is 245 g/mol. The summed E-state index contributed by atoms with van der Waals surface area (Å²) in [5.74, 6) is 0. The number of pyridine rings is 1. The minimum absolute atomic E-state index is 0. The Morgan fingerprint density at radius 3 is 2.69 bits per heavy atom. The predicted octanol–water partition coefficient (Wildman–Crippen LogP) is 2.61. The smallest absolute Gasteiger partial charge is 0.0276 e. The Morgan fingerprint density at radius 2 is 1.92 bits per heavy atom. The van der Waals surface area contributed by atoms with Gasteiger partial charge in [-0.15, -0.1) is 6.42 Å². The van der Waals surface area contributed by atoms with Gasteiger partial charge in [0.2, 0.25) is 0 Å². The first-order chi connectivity index (χ1) is 5.92. The Labute approximate surface area is 103 Å². The molecule has 63 valence electrons. The Morgan fingerprint density at radius 1 is 1.15 bits per heavy atom. The van der Waals surface area contributed by atoms with E-state index in [0.717, 1.165) is 12.1 Å². The van der Waals surface area contributed by atoms with Crippen molar-refractivity contribution in [2.24, 2.45) is 0 Å². The summed E-state index contributed by atoms with van der Waals surface area (Å²) in [7, 11) is 0. The monoisotopic (exact) mass is 245 g/mol. The number of hydrogen-bond donors (Lipinski definition) is 0. The molecule has 2 rings (SSSR count). The second-order valence-corrected chi connectivity index (χ2v) is 2.73. The fourth-order valence-electron chi connectivity index (χ4n) is 1.38. The average Bonchev–Trinajstić information content (AvgIpc) is 2.17. The Balaban J connectivity index is 0.000000845. The molecule has 0 amide bonds. The summed E-state index contributed by atoms with van der Waals surface area (Å²) in [4.78, 5) is 4.26. The van der Waals surface area contributed by atoms with E-state index in [-0.39, 0.29) is 32.7 Å². The van der Waals surface area contributed by atoms with Crippen LogP contribution in [0.4, 0.5) is 0 Å².